The maximum Gasteiger partial charge on any atom is 0.332 e. The molecule has 3 heterocycles. The Morgan fingerprint density at radius 3 is 2.23 bits per heavy atom. The molecular formula is C30H32N8O2. The fourth-order valence-electron chi connectivity index (χ4n) is 5.54. The van der Waals surface area contributed by atoms with E-state index in [9.17, 15) is 9.59 Å². The highest BCUT2D eigenvalue weighted by Gasteiger charge is 2.29. The summed E-state index contributed by atoms with van der Waals surface area (Å²) in [7, 11) is 0. The lowest BCUT2D eigenvalue weighted by Gasteiger charge is -2.13. The van der Waals surface area contributed by atoms with Crippen molar-refractivity contribution in [2.24, 2.45) is 11.8 Å². The zero-order chi connectivity index (χ0) is 27.2. The van der Waals surface area contributed by atoms with Crippen LogP contribution in [-0.4, -0.2) is 39.3 Å². The van der Waals surface area contributed by atoms with Gasteiger partial charge in [-0.1, -0.05) is 55.5 Å². The molecule has 1 N–H and O–H groups in total. The molecule has 0 saturated heterocycles. The van der Waals surface area contributed by atoms with Crippen LogP contribution in [0.25, 0.3) is 33.7 Å². The van der Waals surface area contributed by atoms with Crippen molar-refractivity contribution < 1.29 is 0 Å². The number of nitrogens with one attached hydrogen (secondary N) is 1. The molecule has 0 atom stereocenters. The third kappa shape index (κ3) is 4.57. The first-order chi connectivity index (χ1) is 19.6. The highest BCUT2D eigenvalue weighted by atomic mass is 16.2. The molecule has 2 aliphatic rings. The molecule has 0 amide bonds. The van der Waals surface area contributed by atoms with E-state index < -0.39 is 0 Å². The van der Waals surface area contributed by atoms with Crippen molar-refractivity contribution in [2.75, 3.05) is 0 Å². The number of fused-ring (bicyclic) bond motifs is 1. The van der Waals surface area contributed by atoms with Crippen LogP contribution in [0.4, 0.5) is 0 Å². The summed E-state index contributed by atoms with van der Waals surface area (Å²) in [6.07, 6.45) is 6.05. The monoisotopic (exact) mass is 536 g/mol. The minimum absolute atomic E-state index is 0.200. The minimum Gasteiger partial charge on any atom is -0.318 e. The highest BCUT2D eigenvalue weighted by molar-refractivity contribution is 5.80. The van der Waals surface area contributed by atoms with Crippen LogP contribution < -0.4 is 11.2 Å². The average Bonchev–Trinajstić information content (AvgIpc) is 3.89. The van der Waals surface area contributed by atoms with Crippen molar-refractivity contribution in [3.8, 4) is 22.5 Å². The van der Waals surface area contributed by atoms with Crippen molar-refractivity contribution in [3.63, 3.8) is 0 Å². The van der Waals surface area contributed by atoms with Crippen LogP contribution in [0.5, 0.6) is 0 Å². The lowest BCUT2D eigenvalue weighted by Crippen LogP contribution is -2.41. The molecule has 2 fully saturated rings. The van der Waals surface area contributed by atoms with E-state index in [2.05, 4.69) is 56.4 Å². The Morgan fingerprint density at radius 1 is 0.875 bits per heavy atom. The summed E-state index contributed by atoms with van der Waals surface area (Å²) in [4.78, 5) is 32.3. The first kappa shape index (κ1) is 24.7. The molecule has 0 spiro atoms. The Labute approximate surface area is 230 Å². The van der Waals surface area contributed by atoms with Gasteiger partial charge < -0.3 is 4.57 Å². The van der Waals surface area contributed by atoms with Gasteiger partial charge in [0.1, 0.15) is 5.82 Å². The lowest BCUT2D eigenvalue weighted by molar-refractivity contribution is 0.519. The standard InChI is InChI=1S/C30H32N8O2/c1-2-5-25-31-28-26(29(39)38(18-20-10-11-20)30(40)37(28)17-19-8-9-19)36(25)16-21-12-14-22(15-13-21)23-6-3-4-7-24(23)27-32-34-35-33-27/h3-4,6-7,12-15,19-20H,2,5,8-11,16-18H2,1H3,(H,32,33,34,35). The molecule has 10 nitrogen and oxygen atoms in total. The van der Waals surface area contributed by atoms with Crippen LogP contribution in [0.15, 0.2) is 58.1 Å². The molecule has 2 aromatic carbocycles. The van der Waals surface area contributed by atoms with E-state index in [-0.39, 0.29) is 11.2 Å². The lowest BCUT2D eigenvalue weighted by atomic mass is 9.98. The summed E-state index contributed by atoms with van der Waals surface area (Å²) in [6, 6.07) is 16.3. The van der Waals surface area contributed by atoms with Gasteiger partial charge in [-0.25, -0.2) is 9.78 Å². The highest BCUT2D eigenvalue weighted by Crippen LogP contribution is 2.33. The van der Waals surface area contributed by atoms with Gasteiger partial charge in [-0.2, -0.15) is 5.21 Å². The first-order valence-corrected chi connectivity index (χ1v) is 14.3. The van der Waals surface area contributed by atoms with Gasteiger partial charge in [0.15, 0.2) is 11.2 Å². The van der Waals surface area contributed by atoms with Crippen LogP contribution >= 0.6 is 0 Å². The molecule has 2 saturated carbocycles. The van der Waals surface area contributed by atoms with Gasteiger partial charge in [0.25, 0.3) is 5.56 Å². The molecule has 204 valence electrons. The van der Waals surface area contributed by atoms with Gasteiger partial charge in [-0.15, -0.1) is 10.2 Å². The number of hydrogen-bond acceptors (Lipinski definition) is 6. The third-order valence-corrected chi connectivity index (χ3v) is 8.06. The SMILES string of the molecule is CCCc1nc2c(c(=O)n(CC3CC3)c(=O)n2CC2CC2)n1Cc1ccc(-c2ccccc2-c2nn[nH]n2)cc1. The molecule has 10 heteroatoms. The maximum atomic E-state index is 13.9. The van der Waals surface area contributed by atoms with E-state index in [0.717, 1.165) is 66.6 Å². The number of imidazole rings is 1. The summed E-state index contributed by atoms with van der Waals surface area (Å²) in [5.41, 5.74) is 4.71. The number of aryl methyl sites for hydroxylation is 1. The molecule has 0 bridgehead atoms. The summed E-state index contributed by atoms with van der Waals surface area (Å²) < 4.78 is 5.31. The average molecular weight is 537 g/mol. The molecule has 2 aliphatic carbocycles. The van der Waals surface area contributed by atoms with Crippen LogP contribution in [0, 0.1) is 11.8 Å². The summed E-state index contributed by atoms with van der Waals surface area (Å²) in [5.74, 6) is 2.32. The summed E-state index contributed by atoms with van der Waals surface area (Å²) in [5, 5.41) is 14.5. The largest absolute Gasteiger partial charge is 0.332 e. The van der Waals surface area contributed by atoms with Crippen LogP contribution in [0.1, 0.15) is 50.4 Å². The predicted molar refractivity (Wildman–Crippen MR) is 152 cm³/mol. The van der Waals surface area contributed by atoms with Crippen LogP contribution in [-0.2, 0) is 26.1 Å². The van der Waals surface area contributed by atoms with Crippen molar-refractivity contribution >= 4 is 11.2 Å². The number of tetrazole rings is 1. The third-order valence-electron chi connectivity index (χ3n) is 8.06. The smallest absolute Gasteiger partial charge is 0.318 e. The number of aromatic amines is 1. The quantitative estimate of drug-likeness (QED) is 0.288. The van der Waals surface area contributed by atoms with Gasteiger partial charge in [0.05, 0.1) is 0 Å². The fraction of sp³-hybridized carbons (Fsp3) is 0.400. The first-order valence-electron chi connectivity index (χ1n) is 14.3. The Kier molecular flexibility index (Phi) is 6.17. The van der Waals surface area contributed by atoms with Crippen LogP contribution in [0.2, 0.25) is 0 Å². The number of nitrogens with zero attached hydrogens (tertiary/aromatic N) is 7. The second-order valence-corrected chi connectivity index (χ2v) is 11.2. The van der Waals surface area contributed by atoms with E-state index in [1.807, 2.05) is 24.3 Å². The van der Waals surface area contributed by atoms with E-state index in [1.165, 1.54) is 4.57 Å². The molecule has 5 aromatic rings. The van der Waals surface area contributed by atoms with E-state index in [4.69, 9.17) is 4.98 Å². The van der Waals surface area contributed by atoms with Gasteiger partial charge in [-0.05, 0) is 65.8 Å². The van der Waals surface area contributed by atoms with E-state index in [0.29, 0.717) is 48.5 Å². The zero-order valence-electron chi connectivity index (χ0n) is 22.6. The second-order valence-electron chi connectivity index (χ2n) is 11.2. The predicted octanol–water partition coefficient (Wildman–Crippen LogP) is 4.03. The number of rotatable bonds is 10. The van der Waals surface area contributed by atoms with Gasteiger partial charge in [0.2, 0.25) is 5.82 Å². The van der Waals surface area contributed by atoms with Crippen molar-refractivity contribution in [2.45, 2.75) is 65.1 Å². The van der Waals surface area contributed by atoms with Gasteiger partial charge in [-0.3, -0.25) is 13.9 Å². The topological polar surface area (TPSA) is 116 Å². The molecule has 3 aromatic heterocycles. The van der Waals surface area contributed by atoms with E-state index in [1.54, 1.807) is 4.57 Å². The molecule has 0 aliphatic heterocycles. The Bertz CT molecular complexity index is 1790. The molecule has 0 radical (unpaired) electrons. The minimum atomic E-state index is -0.209. The van der Waals surface area contributed by atoms with Crippen molar-refractivity contribution in [1.82, 2.24) is 39.3 Å². The number of aromatic nitrogens is 8. The van der Waals surface area contributed by atoms with Gasteiger partial charge >= 0.3 is 5.69 Å². The van der Waals surface area contributed by atoms with Crippen LogP contribution in [0.3, 0.4) is 0 Å². The Morgan fingerprint density at radius 2 is 1.57 bits per heavy atom. The fourth-order valence-corrected chi connectivity index (χ4v) is 5.54. The molecule has 7 rings (SSSR count). The number of hydrogen-bond donors (Lipinski definition) is 1. The molecule has 40 heavy (non-hydrogen) atoms. The van der Waals surface area contributed by atoms with Crippen molar-refractivity contribution in [1.29, 1.82) is 0 Å². The van der Waals surface area contributed by atoms with Gasteiger partial charge in [0, 0.05) is 31.6 Å². The summed E-state index contributed by atoms with van der Waals surface area (Å²) >= 11 is 0. The number of benzene rings is 2. The van der Waals surface area contributed by atoms with Crippen molar-refractivity contribution in [3.05, 3.63) is 80.8 Å². The van der Waals surface area contributed by atoms with E-state index >= 15 is 0 Å². The molecular weight excluding hydrogens is 504 g/mol. The number of H-pyrrole nitrogens is 1. The zero-order valence-corrected chi connectivity index (χ0v) is 22.6. The molecule has 0 unspecified atom stereocenters. The normalized spacial score (nSPS) is 15.2. The Balaban J connectivity index is 1.30. The Hall–Kier alpha value is -4.34. The second kappa shape index (κ2) is 10.0. The summed E-state index contributed by atoms with van der Waals surface area (Å²) in [6.45, 7) is 3.76. The maximum absolute atomic E-state index is 13.9.